The molecule has 1 atom stereocenters. The van der Waals surface area contributed by atoms with Crippen molar-refractivity contribution in [2.45, 2.75) is 25.9 Å². The minimum atomic E-state index is -1.79. The van der Waals surface area contributed by atoms with Crippen molar-refractivity contribution in [1.82, 2.24) is 0 Å². The van der Waals surface area contributed by atoms with E-state index in [1.165, 1.54) is 11.1 Å². The van der Waals surface area contributed by atoms with E-state index in [0.29, 0.717) is 0 Å². The normalized spacial score (nSPS) is 13.3. The summed E-state index contributed by atoms with van der Waals surface area (Å²) in [6.45, 7) is 3.89. The summed E-state index contributed by atoms with van der Waals surface area (Å²) in [6, 6.07) is 8.13. The van der Waals surface area contributed by atoms with Crippen LogP contribution in [0.4, 0.5) is 0 Å². The summed E-state index contributed by atoms with van der Waals surface area (Å²) in [7, 11) is -1.79. The van der Waals surface area contributed by atoms with Crippen LogP contribution in [-0.4, -0.2) is 15.4 Å². The van der Waals surface area contributed by atoms with Crippen molar-refractivity contribution >= 4 is 8.38 Å². The molecule has 0 heterocycles. The van der Waals surface area contributed by atoms with E-state index < -0.39 is 8.38 Å². The number of benzene rings is 1. The van der Waals surface area contributed by atoms with Gasteiger partial charge in [-0.05, 0) is 18.9 Å². The second-order valence-corrected chi connectivity index (χ2v) is 4.88. The fourth-order valence-electron chi connectivity index (χ4n) is 1.26. The number of hydrogen-bond acceptors (Lipinski definition) is 2. The van der Waals surface area contributed by atoms with E-state index in [1.54, 1.807) is 0 Å². The van der Waals surface area contributed by atoms with Gasteiger partial charge in [0.25, 0.3) is 0 Å². The molecule has 1 aromatic rings. The van der Waals surface area contributed by atoms with Crippen LogP contribution in [0.2, 0.25) is 0 Å². The molecule has 1 unspecified atom stereocenters. The molecule has 0 amide bonds. The lowest BCUT2D eigenvalue weighted by atomic mass is 10.1. The van der Waals surface area contributed by atoms with Crippen LogP contribution in [0.5, 0.6) is 0 Å². The first-order valence-corrected chi connectivity index (χ1v) is 5.64. The van der Waals surface area contributed by atoms with Gasteiger partial charge in [-0.25, -0.2) is 0 Å². The van der Waals surface area contributed by atoms with Gasteiger partial charge in [-0.2, -0.15) is 0 Å². The zero-order chi connectivity index (χ0) is 9.84. The van der Waals surface area contributed by atoms with Crippen LogP contribution in [0.3, 0.4) is 0 Å². The van der Waals surface area contributed by atoms with Gasteiger partial charge >= 0.3 is 0 Å². The summed E-state index contributed by atoms with van der Waals surface area (Å²) in [5.41, 5.74) is 2.34. The van der Waals surface area contributed by atoms with Crippen molar-refractivity contribution in [2.24, 2.45) is 0 Å². The first kappa shape index (κ1) is 10.6. The van der Waals surface area contributed by atoms with Gasteiger partial charge in [0.05, 0.1) is 0 Å². The average molecular weight is 198 g/mol. The summed E-state index contributed by atoms with van der Waals surface area (Å²) in [5, 5.41) is 0. The molecule has 72 valence electrons. The van der Waals surface area contributed by atoms with E-state index in [-0.39, 0.29) is 5.66 Å². The molecule has 3 heteroatoms. The third-order valence-electron chi connectivity index (χ3n) is 2.01. The van der Waals surface area contributed by atoms with Gasteiger partial charge in [0.2, 0.25) is 0 Å². The lowest BCUT2D eigenvalue weighted by Gasteiger charge is -2.12. The van der Waals surface area contributed by atoms with Crippen molar-refractivity contribution < 1.29 is 9.79 Å². The first-order chi connectivity index (χ1) is 6.09. The summed E-state index contributed by atoms with van der Waals surface area (Å²) in [5.74, 6) is 0. The zero-order valence-electron chi connectivity index (χ0n) is 7.94. The van der Waals surface area contributed by atoms with Crippen LogP contribution in [0.15, 0.2) is 24.3 Å². The number of aryl methyl sites for hydroxylation is 1. The highest BCUT2D eigenvalue weighted by atomic mass is 31.2. The highest BCUT2D eigenvalue weighted by Gasteiger charge is 2.11. The molecule has 0 aliphatic rings. The Morgan fingerprint density at radius 3 is 2.62 bits per heavy atom. The van der Waals surface area contributed by atoms with Gasteiger partial charge in [0.15, 0.2) is 8.38 Å². The van der Waals surface area contributed by atoms with Gasteiger partial charge < -0.3 is 9.79 Å². The standard InChI is InChI=1S/C10H15O2P/c1-8-4-3-5-10(6-8)7-9(2)13(11)12/h3-6,9,11-12H,7H2,1-2H3. The number of rotatable bonds is 3. The SMILES string of the molecule is Cc1cccc(CC(C)P(O)O)c1. The molecule has 2 nitrogen and oxygen atoms in total. The fraction of sp³-hybridized carbons (Fsp3) is 0.400. The minimum Gasteiger partial charge on any atom is -0.350 e. The number of hydrogen-bond donors (Lipinski definition) is 2. The van der Waals surface area contributed by atoms with Crippen LogP contribution in [-0.2, 0) is 6.42 Å². The molecule has 0 saturated heterocycles. The largest absolute Gasteiger partial charge is 0.350 e. The fourth-order valence-corrected chi connectivity index (χ4v) is 1.64. The maximum Gasteiger partial charge on any atom is 0.168 e. The van der Waals surface area contributed by atoms with Gasteiger partial charge in [0, 0.05) is 5.66 Å². The minimum absolute atomic E-state index is 0.0446. The average Bonchev–Trinajstić information content (AvgIpc) is 2.04. The molecule has 0 aromatic heterocycles. The smallest absolute Gasteiger partial charge is 0.168 e. The van der Waals surface area contributed by atoms with Crippen LogP contribution < -0.4 is 0 Å². The van der Waals surface area contributed by atoms with E-state index in [0.717, 1.165) is 6.42 Å². The van der Waals surface area contributed by atoms with Crippen molar-refractivity contribution in [1.29, 1.82) is 0 Å². The van der Waals surface area contributed by atoms with Gasteiger partial charge in [-0.15, -0.1) is 0 Å². The molecule has 1 aromatic carbocycles. The Kier molecular flexibility index (Phi) is 3.86. The van der Waals surface area contributed by atoms with Gasteiger partial charge in [-0.3, -0.25) is 0 Å². The Balaban J connectivity index is 2.64. The predicted molar refractivity (Wildman–Crippen MR) is 55.7 cm³/mol. The van der Waals surface area contributed by atoms with Gasteiger partial charge in [-0.1, -0.05) is 36.8 Å². The molecular weight excluding hydrogens is 183 g/mol. The second-order valence-electron chi connectivity index (χ2n) is 3.36. The van der Waals surface area contributed by atoms with E-state index >= 15 is 0 Å². The Hall–Kier alpha value is -0.430. The molecule has 1 rings (SSSR count). The maximum atomic E-state index is 8.97. The molecule has 0 fully saturated rings. The maximum absolute atomic E-state index is 8.97. The highest BCUT2D eigenvalue weighted by Crippen LogP contribution is 2.32. The lowest BCUT2D eigenvalue weighted by molar-refractivity contribution is 0.467. The topological polar surface area (TPSA) is 40.5 Å². The molecule has 0 bridgehead atoms. The van der Waals surface area contributed by atoms with E-state index in [4.69, 9.17) is 9.79 Å². The van der Waals surface area contributed by atoms with Crippen molar-refractivity contribution in [3.8, 4) is 0 Å². The van der Waals surface area contributed by atoms with Crippen molar-refractivity contribution in [2.75, 3.05) is 0 Å². The molecule has 0 saturated carbocycles. The summed E-state index contributed by atoms with van der Waals surface area (Å²) < 4.78 is 0. The second kappa shape index (κ2) is 4.71. The van der Waals surface area contributed by atoms with Crippen LogP contribution >= 0.6 is 8.38 Å². The van der Waals surface area contributed by atoms with Crippen molar-refractivity contribution in [3.63, 3.8) is 0 Å². The molecule has 0 spiro atoms. The predicted octanol–water partition coefficient (Wildman–Crippen LogP) is 2.22. The summed E-state index contributed by atoms with van der Waals surface area (Å²) in [6.07, 6.45) is 0.736. The summed E-state index contributed by atoms with van der Waals surface area (Å²) >= 11 is 0. The third-order valence-corrected chi connectivity index (χ3v) is 2.98. The Labute approximate surface area is 80.2 Å². The monoisotopic (exact) mass is 198 g/mol. The van der Waals surface area contributed by atoms with Crippen LogP contribution in [0.25, 0.3) is 0 Å². The Morgan fingerprint density at radius 2 is 2.08 bits per heavy atom. The first-order valence-electron chi connectivity index (χ1n) is 4.32. The molecule has 2 N–H and O–H groups in total. The van der Waals surface area contributed by atoms with Crippen molar-refractivity contribution in [3.05, 3.63) is 35.4 Å². The molecule has 0 radical (unpaired) electrons. The molecule has 13 heavy (non-hydrogen) atoms. The molecule has 0 aliphatic heterocycles. The van der Waals surface area contributed by atoms with Crippen LogP contribution in [0, 0.1) is 6.92 Å². The van der Waals surface area contributed by atoms with E-state index in [1.807, 2.05) is 32.0 Å². The third kappa shape index (κ3) is 3.43. The summed E-state index contributed by atoms with van der Waals surface area (Å²) in [4.78, 5) is 17.9. The zero-order valence-corrected chi connectivity index (χ0v) is 8.83. The lowest BCUT2D eigenvalue weighted by Crippen LogP contribution is -2.03. The Morgan fingerprint density at radius 1 is 1.38 bits per heavy atom. The highest BCUT2D eigenvalue weighted by molar-refractivity contribution is 7.45. The van der Waals surface area contributed by atoms with E-state index in [2.05, 4.69) is 6.07 Å². The van der Waals surface area contributed by atoms with E-state index in [9.17, 15) is 0 Å². The van der Waals surface area contributed by atoms with Gasteiger partial charge in [0.1, 0.15) is 0 Å². The van der Waals surface area contributed by atoms with Crippen LogP contribution in [0.1, 0.15) is 18.1 Å². The molecular formula is C10H15O2P. The quantitative estimate of drug-likeness (QED) is 0.731. The Bertz CT molecular complexity index is 273. The molecule has 0 aliphatic carbocycles.